The second-order valence-electron chi connectivity index (χ2n) is 8.81. The van der Waals surface area contributed by atoms with E-state index >= 15 is 0 Å². The zero-order valence-corrected chi connectivity index (χ0v) is 29.6. The summed E-state index contributed by atoms with van der Waals surface area (Å²) in [5.74, 6) is 0. The van der Waals surface area contributed by atoms with E-state index in [1.165, 1.54) is 83.7 Å². The highest BCUT2D eigenvalue weighted by atomic mass is 127. The first-order chi connectivity index (χ1) is 18.6. The summed E-state index contributed by atoms with van der Waals surface area (Å²) in [6.07, 6.45) is 0. The minimum atomic E-state index is 1.38. The summed E-state index contributed by atoms with van der Waals surface area (Å²) in [6, 6.07) is 18.7. The van der Waals surface area contributed by atoms with Crippen LogP contribution in [0.3, 0.4) is 0 Å². The lowest BCUT2D eigenvalue weighted by Gasteiger charge is -1.92. The molecule has 0 bridgehead atoms. The third kappa shape index (κ3) is 3.68. The number of thiophene rings is 8. The molecule has 0 saturated carbocycles. The molecule has 0 saturated heterocycles. The first-order valence-corrected chi connectivity index (χ1v) is 20.2. The Kier molecular flexibility index (Phi) is 5.76. The van der Waals surface area contributed by atoms with Crippen LogP contribution in [0.1, 0.15) is 0 Å². The monoisotopic (exact) mass is 856 g/mol. The average Bonchev–Trinajstić information content (AvgIpc) is 3.70. The van der Waals surface area contributed by atoms with Gasteiger partial charge in [0.05, 0.1) is 24.6 Å². The van der Waals surface area contributed by atoms with E-state index in [9.17, 15) is 0 Å². The fourth-order valence-corrected chi connectivity index (χ4v) is 16.4. The second-order valence-corrected chi connectivity index (χ2v) is 20.9. The van der Waals surface area contributed by atoms with Crippen LogP contribution in [0.2, 0.25) is 0 Å². The zero-order valence-electron chi connectivity index (χ0n) is 18.8. The van der Waals surface area contributed by atoms with Gasteiger partial charge in [-0.3, -0.25) is 0 Å². The molecule has 0 N–H and O–H groups in total. The van der Waals surface area contributed by atoms with Crippen molar-refractivity contribution in [2.45, 2.75) is 0 Å². The van der Waals surface area contributed by atoms with Gasteiger partial charge in [0.1, 0.15) is 0 Å². The van der Waals surface area contributed by atoms with Crippen LogP contribution < -0.4 is 0 Å². The average molecular weight is 857 g/mol. The quantitative estimate of drug-likeness (QED) is 0.133. The van der Waals surface area contributed by atoms with Gasteiger partial charge in [-0.05, 0) is 104 Å². The van der Waals surface area contributed by atoms with Crippen molar-refractivity contribution in [3.8, 4) is 0 Å². The Hall–Kier alpha value is -0.420. The van der Waals surface area contributed by atoms with E-state index in [2.05, 4.69) is 104 Å². The van der Waals surface area contributed by atoms with Gasteiger partial charge in [-0.1, -0.05) is 0 Å². The molecule has 0 aliphatic heterocycles. The van der Waals surface area contributed by atoms with Gasteiger partial charge in [-0.2, -0.15) is 0 Å². The van der Waals surface area contributed by atoms with Gasteiger partial charge < -0.3 is 0 Å². The van der Waals surface area contributed by atoms with E-state index in [1.807, 2.05) is 90.7 Å². The van der Waals surface area contributed by atoms with Gasteiger partial charge in [-0.25, -0.2) is 0 Å². The summed E-state index contributed by atoms with van der Waals surface area (Å²) in [5, 5.41) is 10.1. The first-order valence-electron chi connectivity index (χ1n) is 11.4. The molecule has 8 heterocycles. The molecule has 10 heteroatoms. The fourth-order valence-electron chi connectivity index (χ4n) is 5.01. The van der Waals surface area contributed by atoms with Gasteiger partial charge in [-0.15, -0.1) is 90.7 Å². The van der Waals surface area contributed by atoms with Crippen LogP contribution in [0.25, 0.3) is 77.9 Å². The molecular formula is C28H10I2S8. The topological polar surface area (TPSA) is 0 Å². The number of hydrogen-bond acceptors (Lipinski definition) is 8. The number of fused-ring (bicyclic) bond motifs is 12. The Morgan fingerprint density at radius 2 is 0.737 bits per heavy atom. The maximum atomic E-state index is 2.42. The van der Waals surface area contributed by atoms with Crippen LogP contribution >= 0.6 is 136 Å². The Morgan fingerprint density at radius 3 is 1.16 bits per heavy atom. The highest BCUT2D eigenvalue weighted by molar-refractivity contribution is 14.1. The summed E-state index contributed by atoms with van der Waals surface area (Å²) in [6.45, 7) is 0. The molecule has 8 aromatic heterocycles. The Bertz CT molecular complexity index is 2320. The molecule has 0 unspecified atom stereocenters. The molecule has 0 aliphatic rings. The maximum absolute atomic E-state index is 2.42. The fraction of sp³-hybridized carbons (Fsp3) is 0. The molecule has 10 aromatic rings. The lowest BCUT2D eigenvalue weighted by atomic mass is 10.2. The number of benzene rings is 2. The molecular weight excluding hydrogens is 847 g/mol. The third-order valence-corrected chi connectivity index (χ3v) is 17.3. The van der Waals surface area contributed by atoms with Crippen LogP contribution in [0, 0.1) is 5.77 Å². The summed E-state index contributed by atoms with van der Waals surface area (Å²) in [4.78, 5) is 0. The van der Waals surface area contributed by atoms with E-state index in [1.54, 1.807) is 0 Å². The Labute approximate surface area is 275 Å². The van der Waals surface area contributed by atoms with Gasteiger partial charge in [0.2, 0.25) is 0 Å². The standard InChI is InChI=1S/C14H4I2S4.C14H6S4/c15-11-3-9-13(19-11)5-1-7-6(2-8(5)18-9)14-10(17-7)4-12(16)20-14;1-3-15-13-7-5-12-8(6-11(7)17-9(1)13)14-10(18-12)2-4-16-14/h1-4H;1-6H. The van der Waals surface area contributed by atoms with E-state index in [0.717, 1.165) is 0 Å². The lowest BCUT2D eigenvalue weighted by molar-refractivity contribution is 2.12. The normalized spacial score (nSPS) is 12.5. The van der Waals surface area contributed by atoms with Crippen LogP contribution in [0.4, 0.5) is 0 Å². The molecule has 10 rings (SSSR count). The van der Waals surface area contributed by atoms with Crippen molar-refractivity contribution >= 4 is 214 Å². The molecule has 0 fully saturated rings. The number of hydrogen-bond donors (Lipinski definition) is 0. The van der Waals surface area contributed by atoms with Crippen molar-refractivity contribution in [1.82, 2.24) is 0 Å². The third-order valence-electron chi connectivity index (χ3n) is 6.62. The highest BCUT2D eigenvalue weighted by Crippen LogP contribution is 2.47. The summed E-state index contributed by atoms with van der Waals surface area (Å²) < 4.78 is 20.0. The van der Waals surface area contributed by atoms with Gasteiger partial charge in [0, 0.05) is 59.1 Å². The van der Waals surface area contributed by atoms with Gasteiger partial charge in [0.15, 0.2) is 0 Å². The Morgan fingerprint density at radius 1 is 0.368 bits per heavy atom. The summed E-state index contributed by atoms with van der Waals surface area (Å²) >= 11 is 20.1. The van der Waals surface area contributed by atoms with Crippen LogP contribution in [0.5, 0.6) is 0 Å². The number of rotatable bonds is 0. The van der Waals surface area contributed by atoms with Crippen LogP contribution in [-0.4, -0.2) is 0 Å². The van der Waals surface area contributed by atoms with Crippen molar-refractivity contribution in [2.24, 2.45) is 0 Å². The molecule has 38 heavy (non-hydrogen) atoms. The molecule has 2 aromatic carbocycles. The second kappa shape index (κ2) is 9.04. The van der Waals surface area contributed by atoms with Crippen molar-refractivity contribution in [3.05, 3.63) is 65.1 Å². The van der Waals surface area contributed by atoms with Crippen LogP contribution in [0.15, 0.2) is 59.3 Å². The summed E-state index contributed by atoms with van der Waals surface area (Å²) in [7, 11) is 0. The van der Waals surface area contributed by atoms with Gasteiger partial charge >= 0.3 is 0 Å². The summed E-state index contributed by atoms with van der Waals surface area (Å²) in [5.41, 5.74) is 0. The Balaban J connectivity index is 0.000000112. The van der Waals surface area contributed by atoms with Crippen molar-refractivity contribution in [2.75, 3.05) is 0 Å². The molecule has 0 nitrogen and oxygen atoms in total. The molecule has 0 atom stereocenters. The molecule has 184 valence electrons. The van der Waals surface area contributed by atoms with E-state index in [4.69, 9.17) is 0 Å². The van der Waals surface area contributed by atoms with E-state index in [-0.39, 0.29) is 0 Å². The smallest absolute Gasteiger partial charge is 0.0674 e. The minimum Gasteiger partial charge on any atom is -0.142 e. The SMILES string of the molecule is Ic1cc2sc3cc4c(cc3c2s1)sc1cc(I)sc14.c1cc2sc3cc4c(cc3c2s1)sc1ccsc14. The van der Waals surface area contributed by atoms with Crippen molar-refractivity contribution < 1.29 is 0 Å². The molecule has 0 radical (unpaired) electrons. The minimum absolute atomic E-state index is 1.38. The number of halogens is 2. The molecule has 0 spiro atoms. The molecule has 0 aliphatic carbocycles. The van der Waals surface area contributed by atoms with Crippen molar-refractivity contribution in [1.29, 1.82) is 0 Å². The lowest BCUT2D eigenvalue weighted by Crippen LogP contribution is -1.64. The maximum Gasteiger partial charge on any atom is 0.0674 e. The predicted octanol–water partition coefficient (Wildman–Crippen LogP) is 14.3. The van der Waals surface area contributed by atoms with E-state index in [0.29, 0.717) is 0 Å². The van der Waals surface area contributed by atoms with Crippen molar-refractivity contribution in [3.63, 3.8) is 0 Å². The highest BCUT2D eigenvalue weighted by Gasteiger charge is 2.14. The first kappa shape index (κ1) is 24.2. The largest absolute Gasteiger partial charge is 0.142 e. The predicted molar refractivity (Wildman–Crippen MR) is 201 cm³/mol. The van der Waals surface area contributed by atoms with Crippen LogP contribution in [-0.2, 0) is 0 Å². The van der Waals surface area contributed by atoms with Gasteiger partial charge in [0.25, 0.3) is 0 Å². The zero-order chi connectivity index (χ0) is 25.1. The van der Waals surface area contributed by atoms with E-state index < -0.39 is 0 Å². The molecule has 0 amide bonds.